The van der Waals surface area contributed by atoms with E-state index >= 15 is 0 Å². The van der Waals surface area contributed by atoms with Crippen LogP contribution >= 0.6 is 12.6 Å². The Morgan fingerprint density at radius 2 is 1.68 bits per heavy atom. The first-order valence-electron chi connectivity index (χ1n) is 8.48. The quantitative estimate of drug-likeness (QED) is 0.366. The topological polar surface area (TPSA) is 3.24 Å². The van der Waals surface area contributed by atoms with Gasteiger partial charge in [0.2, 0.25) is 0 Å². The van der Waals surface area contributed by atoms with Crippen molar-refractivity contribution in [3.63, 3.8) is 0 Å². The van der Waals surface area contributed by atoms with Crippen LogP contribution in [0, 0.1) is 5.41 Å². The van der Waals surface area contributed by atoms with Gasteiger partial charge in [-0.2, -0.15) is 12.6 Å². The zero-order chi connectivity index (χ0) is 14.1. The third-order valence-electron chi connectivity index (χ3n) is 4.82. The third-order valence-corrected chi connectivity index (χ3v) is 5.49. The summed E-state index contributed by atoms with van der Waals surface area (Å²) < 4.78 is 0. The molecule has 0 atom stereocenters. The molecule has 114 valence electrons. The van der Waals surface area contributed by atoms with E-state index in [0.717, 1.165) is 5.75 Å². The molecule has 0 amide bonds. The lowest BCUT2D eigenvalue weighted by molar-refractivity contribution is 0.121. The maximum atomic E-state index is 4.72. The van der Waals surface area contributed by atoms with Crippen LogP contribution in [0.2, 0.25) is 0 Å². The predicted molar refractivity (Wildman–Crippen MR) is 90.2 cm³/mol. The van der Waals surface area contributed by atoms with E-state index in [4.69, 9.17) is 12.6 Å². The summed E-state index contributed by atoms with van der Waals surface area (Å²) in [6.45, 7) is 9.56. The summed E-state index contributed by atoms with van der Waals surface area (Å²) in [7, 11) is 0. The van der Waals surface area contributed by atoms with Gasteiger partial charge in [-0.25, -0.2) is 0 Å². The summed E-state index contributed by atoms with van der Waals surface area (Å²) in [6, 6.07) is 0.678. The predicted octanol–water partition coefficient (Wildman–Crippen LogP) is 5.16. The largest absolute Gasteiger partial charge is 0.300 e. The van der Waals surface area contributed by atoms with Gasteiger partial charge in [0.25, 0.3) is 0 Å². The number of unbranched alkanes of at least 4 members (excludes halogenated alkanes) is 2. The fourth-order valence-corrected chi connectivity index (χ4v) is 3.78. The van der Waals surface area contributed by atoms with Crippen molar-refractivity contribution in [3.8, 4) is 0 Å². The second kappa shape index (κ2) is 9.28. The van der Waals surface area contributed by atoms with Gasteiger partial charge in [-0.15, -0.1) is 0 Å². The molecular weight excluding hydrogens is 250 g/mol. The molecule has 0 aromatic carbocycles. The summed E-state index contributed by atoms with van der Waals surface area (Å²) in [5.41, 5.74) is 0.496. The average molecular weight is 286 g/mol. The molecule has 0 unspecified atom stereocenters. The maximum Gasteiger partial charge on any atom is 0.00485 e. The third kappa shape index (κ3) is 6.08. The minimum Gasteiger partial charge on any atom is -0.300 e. The van der Waals surface area contributed by atoms with Gasteiger partial charge in [0, 0.05) is 12.6 Å². The van der Waals surface area contributed by atoms with Gasteiger partial charge < -0.3 is 4.90 Å². The van der Waals surface area contributed by atoms with Crippen LogP contribution in [-0.4, -0.2) is 29.8 Å². The lowest BCUT2D eigenvalue weighted by atomic mass is 9.81. The van der Waals surface area contributed by atoms with E-state index in [1.54, 1.807) is 0 Å². The monoisotopic (exact) mass is 285 g/mol. The molecule has 0 saturated heterocycles. The molecule has 0 aliphatic heterocycles. The van der Waals surface area contributed by atoms with E-state index in [1.807, 2.05) is 0 Å². The van der Waals surface area contributed by atoms with Crippen LogP contribution in [0.15, 0.2) is 0 Å². The highest BCUT2D eigenvalue weighted by molar-refractivity contribution is 7.80. The van der Waals surface area contributed by atoms with Crippen molar-refractivity contribution in [1.82, 2.24) is 4.90 Å². The molecule has 19 heavy (non-hydrogen) atoms. The van der Waals surface area contributed by atoms with Gasteiger partial charge in [0.15, 0.2) is 0 Å². The summed E-state index contributed by atoms with van der Waals surface area (Å²) in [5, 5.41) is 0. The number of thiol groups is 1. The van der Waals surface area contributed by atoms with Crippen LogP contribution in [0.1, 0.15) is 78.6 Å². The van der Waals surface area contributed by atoms with Crippen LogP contribution < -0.4 is 0 Å². The number of rotatable bonds is 8. The first-order chi connectivity index (χ1) is 9.13. The Morgan fingerprint density at radius 1 is 1.05 bits per heavy atom. The summed E-state index contributed by atoms with van der Waals surface area (Å²) in [4.78, 5) is 2.72. The first-order valence-corrected chi connectivity index (χ1v) is 9.12. The van der Waals surface area contributed by atoms with E-state index in [0.29, 0.717) is 11.5 Å². The average Bonchev–Trinajstić information content (AvgIpc) is 2.64. The fourth-order valence-electron chi connectivity index (χ4n) is 3.36. The Bertz CT molecular complexity index is 219. The van der Waals surface area contributed by atoms with Crippen LogP contribution in [0.4, 0.5) is 0 Å². The van der Waals surface area contributed by atoms with Crippen molar-refractivity contribution < 1.29 is 0 Å². The Morgan fingerprint density at radius 3 is 2.16 bits per heavy atom. The molecular formula is C17H35NS. The molecule has 1 nitrogen and oxygen atoms in total. The minimum atomic E-state index is 0.496. The Balaban J connectivity index is 2.57. The molecule has 1 saturated carbocycles. The smallest absolute Gasteiger partial charge is 0.00485 e. The van der Waals surface area contributed by atoms with E-state index in [2.05, 4.69) is 25.7 Å². The van der Waals surface area contributed by atoms with E-state index in [9.17, 15) is 0 Å². The Hall–Kier alpha value is 0.310. The molecule has 0 N–H and O–H groups in total. The van der Waals surface area contributed by atoms with Crippen LogP contribution in [0.25, 0.3) is 0 Å². The zero-order valence-corrected chi connectivity index (χ0v) is 14.4. The second-order valence-electron chi connectivity index (χ2n) is 6.84. The van der Waals surface area contributed by atoms with Crippen molar-refractivity contribution in [1.29, 1.82) is 0 Å². The summed E-state index contributed by atoms with van der Waals surface area (Å²) in [5.74, 6) is 1.07. The second-order valence-corrected chi connectivity index (χ2v) is 7.16. The van der Waals surface area contributed by atoms with Gasteiger partial charge in [-0.05, 0) is 50.8 Å². The SMILES string of the molecule is CCCCCN(CC1(CS)CCCCCC1)C(C)C. The van der Waals surface area contributed by atoms with Crippen molar-refractivity contribution in [2.24, 2.45) is 5.41 Å². The standard InChI is InChI=1S/C17H35NS/c1-4-5-10-13-18(16(2)3)14-17(15-19)11-8-6-7-9-12-17/h16,19H,4-15H2,1-3H3. The van der Waals surface area contributed by atoms with Crippen molar-refractivity contribution in [2.75, 3.05) is 18.8 Å². The molecule has 0 aromatic rings. The fraction of sp³-hybridized carbons (Fsp3) is 1.00. The highest BCUT2D eigenvalue weighted by Gasteiger charge is 2.32. The molecule has 1 rings (SSSR count). The van der Waals surface area contributed by atoms with Crippen molar-refractivity contribution in [2.45, 2.75) is 84.6 Å². The normalized spacial score (nSPS) is 19.9. The van der Waals surface area contributed by atoms with E-state index in [1.165, 1.54) is 70.9 Å². The number of hydrogen-bond donors (Lipinski definition) is 1. The van der Waals surface area contributed by atoms with Crippen LogP contribution in [-0.2, 0) is 0 Å². The Kier molecular flexibility index (Phi) is 8.48. The number of hydrogen-bond acceptors (Lipinski definition) is 2. The highest BCUT2D eigenvalue weighted by Crippen LogP contribution is 2.37. The van der Waals surface area contributed by atoms with Gasteiger partial charge in [0.05, 0.1) is 0 Å². The maximum absolute atomic E-state index is 4.72. The van der Waals surface area contributed by atoms with E-state index < -0.39 is 0 Å². The molecule has 0 spiro atoms. The zero-order valence-electron chi connectivity index (χ0n) is 13.5. The lowest BCUT2D eigenvalue weighted by Crippen LogP contribution is -2.43. The Labute approximate surface area is 126 Å². The van der Waals surface area contributed by atoms with Gasteiger partial charge in [0.1, 0.15) is 0 Å². The highest BCUT2D eigenvalue weighted by atomic mass is 32.1. The van der Waals surface area contributed by atoms with Gasteiger partial charge >= 0.3 is 0 Å². The van der Waals surface area contributed by atoms with Gasteiger partial charge in [-0.1, -0.05) is 45.4 Å². The van der Waals surface area contributed by atoms with Crippen molar-refractivity contribution in [3.05, 3.63) is 0 Å². The minimum absolute atomic E-state index is 0.496. The van der Waals surface area contributed by atoms with Crippen molar-refractivity contribution >= 4 is 12.6 Å². The number of nitrogens with zero attached hydrogens (tertiary/aromatic N) is 1. The molecule has 0 radical (unpaired) electrons. The molecule has 0 heterocycles. The molecule has 1 aliphatic carbocycles. The van der Waals surface area contributed by atoms with Crippen LogP contribution in [0.3, 0.4) is 0 Å². The van der Waals surface area contributed by atoms with E-state index in [-0.39, 0.29) is 0 Å². The molecule has 0 aromatic heterocycles. The molecule has 1 fully saturated rings. The molecule has 1 aliphatic rings. The van der Waals surface area contributed by atoms with Crippen LogP contribution in [0.5, 0.6) is 0 Å². The molecule has 0 bridgehead atoms. The van der Waals surface area contributed by atoms with Gasteiger partial charge in [-0.3, -0.25) is 0 Å². The lowest BCUT2D eigenvalue weighted by Gasteiger charge is -2.39. The summed E-state index contributed by atoms with van der Waals surface area (Å²) in [6.07, 6.45) is 12.6. The summed E-state index contributed by atoms with van der Waals surface area (Å²) >= 11 is 4.72. The molecule has 2 heteroatoms. The first kappa shape index (κ1) is 17.4.